The average Bonchev–Trinajstić information content (AvgIpc) is 2.30. The summed E-state index contributed by atoms with van der Waals surface area (Å²) in [6, 6.07) is 2.88. The summed E-state index contributed by atoms with van der Waals surface area (Å²) >= 11 is 1.83. The highest BCUT2D eigenvalue weighted by Crippen LogP contribution is 2.31. The van der Waals surface area contributed by atoms with Crippen LogP contribution >= 0.6 is 22.6 Å². The molecule has 1 fully saturated rings. The number of rotatable bonds is 1. The van der Waals surface area contributed by atoms with Gasteiger partial charge in [0.2, 0.25) is 11.8 Å². The molecule has 1 N–H and O–H groups in total. The Morgan fingerprint density at radius 3 is 2.47 bits per heavy atom. The Balaban J connectivity index is 2.52. The number of carbonyl (C=O) groups excluding carboxylic acids is 3. The standard InChI is InChI=1S/C12H10FIN2O3/c1-12(2)9(17)15-11(19)16(10(12)18)8-4-3-6(13)5-7(8)14/h3-5H,1-2H3,(H,15,17,19). The van der Waals surface area contributed by atoms with Crippen molar-refractivity contribution in [3.8, 4) is 0 Å². The first-order valence-electron chi connectivity index (χ1n) is 5.40. The summed E-state index contributed by atoms with van der Waals surface area (Å²) in [5.74, 6) is -1.74. The van der Waals surface area contributed by atoms with E-state index in [0.29, 0.717) is 3.57 Å². The van der Waals surface area contributed by atoms with Crippen molar-refractivity contribution in [1.29, 1.82) is 0 Å². The third-order valence-electron chi connectivity index (χ3n) is 2.88. The van der Waals surface area contributed by atoms with Crippen molar-refractivity contribution >= 4 is 46.1 Å². The van der Waals surface area contributed by atoms with Gasteiger partial charge >= 0.3 is 6.03 Å². The molecule has 0 atom stereocenters. The molecule has 7 heteroatoms. The van der Waals surface area contributed by atoms with Crippen LogP contribution in [0.25, 0.3) is 0 Å². The number of nitrogens with zero attached hydrogens (tertiary/aromatic N) is 1. The van der Waals surface area contributed by atoms with E-state index in [1.54, 1.807) is 0 Å². The van der Waals surface area contributed by atoms with Gasteiger partial charge < -0.3 is 0 Å². The maximum absolute atomic E-state index is 13.1. The van der Waals surface area contributed by atoms with Gasteiger partial charge in [-0.25, -0.2) is 14.1 Å². The topological polar surface area (TPSA) is 66.5 Å². The zero-order valence-corrected chi connectivity index (χ0v) is 12.3. The lowest BCUT2D eigenvalue weighted by Gasteiger charge is -2.34. The fourth-order valence-corrected chi connectivity index (χ4v) is 2.38. The molecule has 1 aliphatic rings. The summed E-state index contributed by atoms with van der Waals surface area (Å²) in [4.78, 5) is 36.5. The smallest absolute Gasteiger partial charge is 0.276 e. The maximum Gasteiger partial charge on any atom is 0.335 e. The van der Waals surface area contributed by atoms with Crippen LogP contribution in [0.15, 0.2) is 18.2 Å². The summed E-state index contributed by atoms with van der Waals surface area (Å²) in [7, 11) is 0. The Morgan fingerprint density at radius 1 is 1.26 bits per heavy atom. The van der Waals surface area contributed by atoms with Crippen LogP contribution in [0.4, 0.5) is 14.9 Å². The molecule has 1 aliphatic heterocycles. The van der Waals surface area contributed by atoms with Crippen LogP contribution in [-0.4, -0.2) is 17.8 Å². The zero-order valence-electron chi connectivity index (χ0n) is 10.2. The van der Waals surface area contributed by atoms with Crippen LogP contribution < -0.4 is 10.2 Å². The molecule has 0 aliphatic carbocycles. The molecule has 0 radical (unpaired) electrons. The number of barbiturate groups is 1. The van der Waals surface area contributed by atoms with Gasteiger partial charge in [0.15, 0.2) is 0 Å². The highest BCUT2D eigenvalue weighted by atomic mass is 127. The number of urea groups is 1. The summed E-state index contributed by atoms with van der Waals surface area (Å²) in [5, 5.41) is 2.12. The summed E-state index contributed by atoms with van der Waals surface area (Å²) in [6.45, 7) is 2.86. The average molecular weight is 376 g/mol. The van der Waals surface area contributed by atoms with Crippen LogP contribution in [0.3, 0.4) is 0 Å². The van der Waals surface area contributed by atoms with Crippen molar-refractivity contribution in [1.82, 2.24) is 5.32 Å². The lowest BCUT2D eigenvalue weighted by molar-refractivity contribution is -0.140. The minimum absolute atomic E-state index is 0.255. The van der Waals surface area contributed by atoms with E-state index in [-0.39, 0.29) is 5.69 Å². The first-order chi connectivity index (χ1) is 8.75. The summed E-state index contributed by atoms with van der Waals surface area (Å²) < 4.78 is 13.5. The Kier molecular flexibility index (Phi) is 3.33. The van der Waals surface area contributed by atoms with E-state index in [1.165, 1.54) is 26.0 Å². The predicted molar refractivity (Wildman–Crippen MR) is 73.9 cm³/mol. The van der Waals surface area contributed by atoms with Gasteiger partial charge in [-0.15, -0.1) is 0 Å². The molecule has 0 spiro atoms. The molecule has 19 heavy (non-hydrogen) atoms. The van der Waals surface area contributed by atoms with Crippen molar-refractivity contribution in [3.05, 3.63) is 27.6 Å². The van der Waals surface area contributed by atoms with Crippen LogP contribution in [0.2, 0.25) is 0 Å². The SMILES string of the molecule is CC1(C)C(=O)NC(=O)N(c2ccc(F)cc2I)C1=O. The molecule has 0 aromatic heterocycles. The minimum atomic E-state index is -1.34. The molecule has 1 saturated heterocycles. The van der Waals surface area contributed by atoms with Crippen molar-refractivity contribution in [3.63, 3.8) is 0 Å². The molecule has 1 heterocycles. The van der Waals surface area contributed by atoms with Crippen molar-refractivity contribution in [2.75, 3.05) is 4.90 Å². The summed E-state index contributed by atoms with van der Waals surface area (Å²) in [6.07, 6.45) is 0. The molecule has 0 saturated carbocycles. The number of benzene rings is 1. The van der Waals surface area contributed by atoms with Gasteiger partial charge in [-0.05, 0) is 54.6 Å². The first kappa shape index (κ1) is 13.9. The van der Waals surface area contributed by atoms with Crippen LogP contribution in [0.5, 0.6) is 0 Å². The van der Waals surface area contributed by atoms with Crippen LogP contribution in [0.1, 0.15) is 13.8 Å². The highest BCUT2D eigenvalue weighted by Gasteiger charge is 2.48. The minimum Gasteiger partial charge on any atom is -0.276 e. The molecule has 4 amide bonds. The Morgan fingerprint density at radius 2 is 1.89 bits per heavy atom. The fraction of sp³-hybridized carbons (Fsp3) is 0.250. The number of imide groups is 2. The Hall–Kier alpha value is -1.51. The molecular weight excluding hydrogens is 366 g/mol. The molecule has 0 bridgehead atoms. The number of hydrogen-bond acceptors (Lipinski definition) is 3. The van der Waals surface area contributed by atoms with E-state index < -0.39 is 29.1 Å². The zero-order chi connectivity index (χ0) is 14.4. The lowest BCUT2D eigenvalue weighted by Crippen LogP contribution is -2.62. The second-order valence-electron chi connectivity index (χ2n) is 4.62. The largest absolute Gasteiger partial charge is 0.335 e. The van der Waals surface area contributed by atoms with Crippen molar-refractivity contribution < 1.29 is 18.8 Å². The van der Waals surface area contributed by atoms with Gasteiger partial charge in [-0.2, -0.15) is 0 Å². The monoisotopic (exact) mass is 376 g/mol. The quantitative estimate of drug-likeness (QED) is 0.603. The van der Waals surface area contributed by atoms with E-state index in [1.807, 2.05) is 22.6 Å². The third kappa shape index (κ3) is 2.22. The van der Waals surface area contributed by atoms with Crippen molar-refractivity contribution in [2.45, 2.75) is 13.8 Å². The molecule has 0 unspecified atom stereocenters. The lowest BCUT2D eigenvalue weighted by atomic mass is 9.88. The molecule has 100 valence electrons. The maximum atomic E-state index is 13.1. The van der Waals surface area contributed by atoms with Crippen molar-refractivity contribution in [2.24, 2.45) is 5.41 Å². The van der Waals surface area contributed by atoms with E-state index >= 15 is 0 Å². The third-order valence-corrected chi connectivity index (χ3v) is 3.74. The van der Waals surface area contributed by atoms with Gasteiger partial charge in [0.25, 0.3) is 0 Å². The van der Waals surface area contributed by atoms with Gasteiger partial charge in [-0.3, -0.25) is 14.9 Å². The Labute approximate surface area is 122 Å². The van der Waals surface area contributed by atoms with Crippen LogP contribution in [0, 0.1) is 14.8 Å². The number of nitrogens with one attached hydrogen (secondary N) is 1. The number of anilines is 1. The van der Waals surface area contributed by atoms with E-state index in [9.17, 15) is 18.8 Å². The normalized spacial score (nSPS) is 18.5. The predicted octanol–water partition coefficient (Wildman–Crippen LogP) is 2.04. The van der Waals surface area contributed by atoms with Gasteiger partial charge in [0, 0.05) is 3.57 Å². The van der Waals surface area contributed by atoms with E-state index in [2.05, 4.69) is 5.32 Å². The summed E-state index contributed by atoms with van der Waals surface area (Å²) in [5.41, 5.74) is -1.09. The van der Waals surface area contributed by atoms with Gasteiger partial charge in [-0.1, -0.05) is 0 Å². The molecule has 5 nitrogen and oxygen atoms in total. The number of amides is 4. The van der Waals surface area contributed by atoms with E-state index in [4.69, 9.17) is 0 Å². The number of carbonyl (C=O) groups is 3. The molecular formula is C12H10FIN2O3. The van der Waals surface area contributed by atoms with Gasteiger partial charge in [0.1, 0.15) is 11.2 Å². The van der Waals surface area contributed by atoms with Crippen LogP contribution in [-0.2, 0) is 9.59 Å². The first-order valence-corrected chi connectivity index (χ1v) is 6.48. The second kappa shape index (κ2) is 4.55. The second-order valence-corrected chi connectivity index (χ2v) is 5.78. The number of halogens is 2. The van der Waals surface area contributed by atoms with E-state index in [0.717, 1.165) is 11.0 Å². The molecule has 2 rings (SSSR count). The molecule has 1 aromatic carbocycles. The highest BCUT2D eigenvalue weighted by molar-refractivity contribution is 14.1. The fourth-order valence-electron chi connectivity index (χ4n) is 1.66. The molecule has 1 aromatic rings. The van der Waals surface area contributed by atoms with Gasteiger partial charge in [0.05, 0.1) is 5.69 Å². The number of hydrogen-bond donors (Lipinski definition) is 1. The Bertz CT molecular complexity index is 601.